The minimum atomic E-state index is -0.455. The highest BCUT2D eigenvalue weighted by molar-refractivity contribution is 5.92. The molecular formula is C15H18N2O4. The number of carbonyl (C=O) groups excluding carboxylic acids is 1. The fourth-order valence-corrected chi connectivity index (χ4v) is 2.26. The summed E-state index contributed by atoms with van der Waals surface area (Å²) in [5.74, 6) is -0.157. The smallest absolute Gasteiger partial charge is 0.276 e. The van der Waals surface area contributed by atoms with E-state index < -0.39 is 4.92 Å². The van der Waals surface area contributed by atoms with Gasteiger partial charge in [-0.1, -0.05) is 12.1 Å². The molecule has 0 aliphatic carbocycles. The summed E-state index contributed by atoms with van der Waals surface area (Å²) < 4.78 is 5.48. The van der Waals surface area contributed by atoms with Crippen LogP contribution in [0.4, 0.5) is 5.69 Å². The molecule has 0 spiro atoms. The van der Waals surface area contributed by atoms with Crippen LogP contribution in [0.15, 0.2) is 30.3 Å². The zero-order chi connectivity index (χ0) is 15.4. The van der Waals surface area contributed by atoms with Crippen molar-refractivity contribution < 1.29 is 14.5 Å². The highest BCUT2D eigenvalue weighted by Crippen LogP contribution is 2.19. The number of benzene rings is 1. The number of nitro benzene ring substituents is 1. The first-order valence-corrected chi connectivity index (χ1v) is 6.82. The average molecular weight is 290 g/mol. The van der Waals surface area contributed by atoms with Crippen molar-refractivity contribution in [3.63, 3.8) is 0 Å². The van der Waals surface area contributed by atoms with Crippen LogP contribution in [0.25, 0.3) is 6.08 Å². The molecule has 1 aliphatic rings. The van der Waals surface area contributed by atoms with Gasteiger partial charge in [-0.2, -0.15) is 0 Å². The molecule has 21 heavy (non-hydrogen) atoms. The Hall–Kier alpha value is -2.21. The van der Waals surface area contributed by atoms with Gasteiger partial charge < -0.3 is 9.64 Å². The van der Waals surface area contributed by atoms with E-state index in [1.807, 2.05) is 13.8 Å². The summed E-state index contributed by atoms with van der Waals surface area (Å²) >= 11 is 0. The molecule has 0 aromatic heterocycles. The number of para-hydroxylation sites is 1. The van der Waals surface area contributed by atoms with Crippen LogP contribution in [0.3, 0.4) is 0 Å². The molecule has 1 amide bonds. The summed E-state index contributed by atoms with van der Waals surface area (Å²) in [6.45, 7) is 4.87. The molecular weight excluding hydrogens is 272 g/mol. The number of hydrogen-bond acceptors (Lipinski definition) is 4. The zero-order valence-corrected chi connectivity index (χ0v) is 12.1. The standard InChI is InChI=1S/C15H18N2O4/c1-11-10-21-12(2)9-16(11)15(18)8-7-13-5-3-4-6-14(13)17(19)20/h3-8,11-12H,9-10H2,1-2H3. The second kappa shape index (κ2) is 6.49. The lowest BCUT2D eigenvalue weighted by molar-refractivity contribution is -0.385. The molecule has 6 nitrogen and oxygen atoms in total. The van der Waals surface area contributed by atoms with Crippen molar-refractivity contribution in [3.8, 4) is 0 Å². The molecule has 1 aromatic carbocycles. The predicted octanol–water partition coefficient (Wildman–Crippen LogP) is 2.24. The molecule has 1 fully saturated rings. The third-order valence-corrected chi connectivity index (χ3v) is 3.43. The van der Waals surface area contributed by atoms with Crippen molar-refractivity contribution in [1.82, 2.24) is 4.90 Å². The Morgan fingerprint density at radius 3 is 2.86 bits per heavy atom. The highest BCUT2D eigenvalue weighted by atomic mass is 16.6. The molecule has 0 bridgehead atoms. The SMILES string of the molecule is CC1CN(C(=O)C=Cc2ccccc2[N+](=O)[O-])C(C)CO1. The zero-order valence-electron chi connectivity index (χ0n) is 12.1. The number of nitrogens with zero attached hydrogens (tertiary/aromatic N) is 2. The van der Waals surface area contributed by atoms with Crippen molar-refractivity contribution in [2.75, 3.05) is 13.2 Å². The Kier molecular flexibility index (Phi) is 4.70. The van der Waals surface area contributed by atoms with Gasteiger partial charge in [0.15, 0.2) is 0 Å². The summed E-state index contributed by atoms with van der Waals surface area (Å²) in [7, 11) is 0. The van der Waals surface area contributed by atoms with Crippen LogP contribution in [0, 0.1) is 10.1 Å². The highest BCUT2D eigenvalue weighted by Gasteiger charge is 2.26. The number of hydrogen-bond donors (Lipinski definition) is 0. The normalized spacial score (nSPS) is 22.5. The lowest BCUT2D eigenvalue weighted by Gasteiger charge is -2.36. The lowest BCUT2D eigenvalue weighted by Crippen LogP contribution is -2.49. The maximum absolute atomic E-state index is 12.2. The molecule has 0 N–H and O–H groups in total. The molecule has 1 aromatic rings. The maximum Gasteiger partial charge on any atom is 0.276 e. The Bertz CT molecular complexity index is 571. The van der Waals surface area contributed by atoms with E-state index in [1.54, 1.807) is 23.1 Å². The molecule has 0 saturated carbocycles. The van der Waals surface area contributed by atoms with Gasteiger partial charge >= 0.3 is 0 Å². The Labute approximate surface area is 123 Å². The number of morpholine rings is 1. The second-order valence-electron chi connectivity index (χ2n) is 5.13. The van der Waals surface area contributed by atoms with E-state index in [0.29, 0.717) is 18.7 Å². The van der Waals surface area contributed by atoms with E-state index in [0.717, 1.165) is 0 Å². The van der Waals surface area contributed by atoms with Gasteiger partial charge in [-0.15, -0.1) is 0 Å². The van der Waals surface area contributed by atoms with E-state index >= 15 is 0 Å². The Balaban J connectivity index is 2.14. The van der Waals surface area contributed by atoms with Gasteiger partial charge in [-0.3, -0.25) is 14.9 Å². The van der Waals surface area contributed by atoms with Crippen LogP contribution >= 0.6 is 0 Å². The number of rotatable bonds is 3. The van der Waals surface area contributed by atoms with Crippen molar-refractivity contribution in [2.45, 2.75) is 26.0 Å². The molecule has 6 heteroatoms. The van der Waals surface area contributed by atoms with Crippen LogP contribution in [-0.2, 0) is 9.53 Å². The van der Waals surface area contributed by atoms with Crippen LogP contribution in [0.1, 0.15) is 19.4 Å². The largest absolute Gasteiger partial charge is 0.375 e. The topological polar surface area (TPSA) is 72.7 Å². The molecule has 2 rings (SSSR count). The molecule has 1 heterocycles. The summed E-state index contributed by atoms with van der Waals surface area (Å²) in [6.07, 6.45) is 2.88. The van der Waals surface area contributed by atoms with E-state index in [2.05, 4.69) is 0 Å². The first-order valence-electron chi connectivity index (χ1n) is 6.82. The predicted molar refractivity (Wildman–Crippen MR) is 78.7 cm³/mol. The minimum absolute atomic E-state index is 0.00380. The number of amides is 1. The molecule has 112 valence electrons. The molecule has 1 aliphatic heterocycles. The third kappa shape index (κ3) is 3.66. The summed E-state index contributed by atoms with van der Waals surface area (Å²) in [6, 6.07) is 6.35. The van der Waals surface area contributed by atoms with Gasteiger partial charge in [-0.05, 0) is 26.0 Å². The van der Waals surface area contributed by atoms with Gasteiger partial charge in [0.25, 0.3) is 5.69 Å². The summed E-state index contributed by atoms with van der Waals surface area (Å²) in [4.78, 5) is 24.4. The quantitative estimate of drug-likeness (QED) is 0.486. The number of nitro groups is 1. The van der Waals surface area contributed by atoms with E-state index in [1.165, 1.54) is 18.2 Å². The minimum Gasteiger partial charge on any atom is -0.375 e. The van der Waals surface area contributed by atoms with Crippen molar-refractivity contribution >= 4 is 17.7 Å². The summed E-state index contributed by atoms with van der Waals surface area (Å²) in [5, 5.41) is 10.9. The van der Waals surface area contributed by atoms with Crippen LogP contribution in [0.2, 0.25) is 0 Å². The molecule has 2 atom stereocenters. The van der Waals surface area contributed by atoms with E-state index in [9.17, 15) is 14.9 Å². The Morgan fingerprint density at radius 1 is 1.43 bits per heavy atom. The van der Waals surface area contributed by atoms with Crippen LogP contribution < -0.4 is 0 Å². The lowest BCUT2D eigenvalue weighted by atomic mass is 10.1. The van der Waals surface area contributed by atoms with Crippen LogP contribution in [-0.4, -0.2) is 41.0 Å². The van der Waals surface area contributed by atoms with E-state index in [4.69, 9.17) is 4.74 Å². The first-order chi connectivity index (χ1) is 9.99. The number of ether oxygens (including phenoxy) is 1. The fraction of sp³-hybridized carbons (Fsp3) is 0.400. The van der Waals surface area contributed by atoms with Gasteiger partial charge in [0.2, 0.25) is 5.91 Å². The monoisotopic (exact) mass is 290 g/mol. The van der Waals surface area contributed by atoms with Gasteiger partial charge in [0.1, 0.15) is 0 Å². The fourth-order valence-electron chi connectivity index (χ4n) is 2.26. The Morgan fingerprint density at radius 2 is 2.14 bits per heavy atom. The van der Waals surface area contributed by atoms with Crippen molar-refractivity contribution in [2.24, 2.45) is 0 Å². The van der Waals surface area contributed by atoms with E-state index in [-0.39, 0.29) is 23.7 Å². The molecule has 2 unspecified atom stereocenters. The van der Waals surface area contributed by atoms with Crippen molar-refractivity contribution in [1.29, 1.82) is 0 Å². The second-order valence-corrected chi connectivity index (χ2v) is 5.13. The summed E-state index contributed by atoms with van der Waals surface area (Å²) in [5.41, 5.74) is 0.412. The van der Waals surface area contributed by atoms with Gasteiger partial charge in [0, 0.05) is 18.7 Å². The third-order valence-electron chi connectivity index (χ3n) is 3.43. The van der Waals surface area contributed by atoms with Gasteiger partial charge in [-0.25, -0.2) is 0 Å². The average Bonchev–Trinajstić information content (AvgIpc) is 2.47. The van der Waals surface area contributed by atoms with Gasteiger partial charge in [0.05, 0.1) is 29.2 Å². The number of carbonyl (C=O) groups is 1. The molecule has 0 radical (unpaired) electrons. The molecule has 1 saturated heterocycles. The first kappa shape index (κ1) is 15.2. The van der Waals surface area contributed by atoms with Crippen LogP contribution in [0.5, 0.6) is 0 Å². The van der Waals surface area contributed by atoms with Crippen molar-refractivity contribution in [3.05, 3.63) is 46.0 Å². The maximum atomic E-state index is 12.2.